The van der Waals surface area contributed by atoms with Gasteiger partial charge in [-0.3, -0.25) is 9.36 Å². The van der Waals surface area contributed by atoms with Crippen LogP contribution in [-0.2, 0) is 11.3 Å². The lowest BCUT2D eigenvalue weighted by atomic mass is 10.0. The number of hydrogen-bond donors (Lipinski definition) is 1. The Bertz CT molecular complexity index is 984. The third-order valence-corrected chi connectivity index (χ3v) is 4.65. The van der Waals surface area contributed by atoms with Crippen molar-refractivity contribution in [2.45, 2.75) is 34.2 Å². The maximum absolute atomic E-state index is 12.1. The van der Waals surface area contributed by atoms with E-state index in [-0.39, 0.29) is 5.91 Å². The molecule has 3 rings (SSSR count). The molecule has 1 aromatic carbocycles. The normalized spacial score (nSPS) is 11.1. The van der Waals surface area contributed by atoms with E-state index in [4.69, 9.17) is 0 Å². The van der Waals surface area contributed by atoms with Crippen LogP contribution in [0.1, 0.15) is 33.6 Å². The number of imidazole rings is 1. The van der Waals surface area contributed by atoms with E-state index < -0.39 is 0 Å². The van der Waals surface area contributed by atoms with E-state index in [9.17, 15) is 4.79 Å². The molecular formula is C22H24N4O. The van der Waals surface area contributed by atoms with Gasteiger partial charge < -0.3 is 5.32 Å². The van der Waals surface area contributed by atoms with E-state index in [0.717, 1.165) is 28.3 Å². The molecule has 3 aromatic rings. The van der Waals surface area contributed by atoms with Crippen molar-refractivity contribution in [3.8, 4) is 5.82 Å². The summed E-state index contributed by atoms with van der Waals surface area (Å²) < 4.78 is 1.91. The zero-order chi connectivity index (χ0) is 19.4. The summed E-state index contributed by atoms with van der Waals surface area (Å²) in [4.78, 5) is 20.8. The summed E-state index contributed by atoms with van der Waals surface area (Å²) >= 11 is 0. The highest BCUT2D eigenvalue weighted by atomic mass is 16.1. The molecule has 0 aliphatic rings. The highest BCUT2D eigenvalue weighted by molar-refractivity contribution is 5.91. The molecule has 0 unspecified atom stereocenters. The largest absolute Gasteiger partial charge is 0.348 e. The van der Waals surface area contributed by atoms with Crippen LogP contribution in [0.25, 0.3) is 11.9 Å². The number of nitrogens with zero attached hydrogens (tertiary/aromatic N) is 3. The Morgan fingerprint density at radius 2 is 1.85 bits per heavy atom. The standard InChI is InChI=1S/C22H24N4O/c1-15-11-17(3)20(12-16(15)2)6-8-22(27)25-14-19-5-7-21(24-13-19)26-10-9-23-18(26)4/h5-13H,14H2,1-4H3,(H,25,27)/b8-6+. The first-order valence-corrected chi connectivity index (χ1v) is 8.93. The van der Waals surface area contributed by atoms with Gasteiger partial charge in [-0.2, -0.15) is 0 Å². The van der Waals surface area contributed by atoms with Gasteiger partial charge in [0.05, 0.1) is 0 Å². The zero-order valence-corrected chi connectivity index (χ0v) is 16.2. The summed E-state index contributed by atoms with van der Waals surface area (Å²) in [6.07, 6.45) is 8.83. The van der Waals surface area contributed by atoms with Crippen LogP contribution < -0.4 is 5.32 Å². The summed E-state index contributed by atoms with van der Waals surface area (Å²) in [6, 6.07) is 8.13. The first-order chi connectivity index (χ1) is 12.9. The fourth-order valence-corrected chi connectivity index (χ4v) is 2.86. The molecule has 0 radical (unpaired) electrons. The minimum absolute atomic E-state index is 0.123. The predicted octanol–water partition coefficient (Wildman–Crippen LogP) is 3.83. The maximum Gasteiger partial charge on any atom is 0.244 e. The molecule has 1 amide bonds. The third kappa shape index (κ3) is 4.50. The molecule has 0 aliphatic heterocycles. The van der Waals surface area contributed by atoms with Crippen molar-refractivity contribution in [1.29, 1.82) is 0 Å². The summed E-state index contributed by atoms with van der Waals surface area (Å²) in [5.41, 5.74) is 5.66. The Labute approximate surface area is 159 Å². The number of amides is 1. The topological polar surface area (TPSA) is 59.8 Å². The first kappa shape index (κ1) is 18.6. The van der Waals surface area contributed by atoms with Gasteiger partial charge in [0.15, 0.2) is 0 Å². The van der Waals surface area contributed by atoms with Gasteiger partial charge in [0.25, 0.3) is 0 Å². The van der Waals surface area contributed by atoms with Crippen molar-refractivity contribution in [3.05, 3.63) is 82.6 Å². The molecule has 0 aliphatic carbocycles. The van der Waals surface area contributed by atoms with Crippen LogP contribution in [0.15, 0.2) is 48.9 Å². The molecule has 0 spiro atoms. The number of carbonyl (C=O) groups excluding carboxylic acids is 1. The molecule has 0 bridgehead atoms. The van der Waals surface area contributed by atoms with E-state index in [1.165, 1.54) is 11.1 Å². The number of nitrogens with one attached hydrogen (secondary N) is 1. The Morgan fingerprint density at radius 1 is 1.07 bits per heavy atom. The van der Waals surface area contributed by atoms with Crippen LogP contribution >= 0.6 is 0 Å². The number of hydrogen-bond acceptors (Lipinski definition) is 3. The lowest BCUT2D eigenvalue weighted by Crippen LogP contribution is -2.20. The highest BCUT2D eigenvalue weighted by Gasteiger charge is 2.03. The van der Waals surface area contributed by atoms with Crippen molar-refractivity contribution in [1.82, 2.24) is 19.9 Å². The van der Waals surface area contributed by atoms with Gasteiger partial charge in [0.1, 0.15) is 11.6 Å². The van der Waals surface area contributed by atoms with E-state index in [1.54, 1.807) is 18.5 Å². The summed E-state index contributed by atoms with van der Waals surface area (Å²) in [7, 11) is 0. The Morgan fingerprint density at radius 3 is 2.52 bits per heavy atom. The molecule has 5 nitrogen and oxygen atoms in total. The van der Waals surface area contributed by atoms with Crippen LogP contribution in [0.2, 0.25) is 0 Å². The van der Waals surface area contributed by atoms with Gasteiger partial charge in [0.2, 0.25) is 5.91 Å². The number of pyridine rings is 1. The SMILES string of the molecule is Cc1cc(C)c(/C=C/C(=O)NCc2ccc(-n3ccnc3C)nc2)cc1C. The second-order valence-electron chi connectivity index (χ2n) is 6.71. The lowest BCUT2D eigenvalue weighted by molar-refractivity contribution is -0.116. The smallest absolute Gasteiger partial charge is 0.244 e. The van der Waals surface area contributed by atoms with Gasteiger partial charge in [0, 0.05) is 31.2 Å². The molecule has 0 saturated carbocycles. The summed E-state index contributed by atoms with van der Waals surface area (Å²) in [6.45, 7) is 8.59. The molecular weight excluding hydrogens is 336 g/mol. The van der Waals surface area contributed by atoms with E-state index >= 15 is 0 Å². The van der Waals surface area contributed by atoms with Gasteiger partial charge in [-0.1, -0.05) is 18.2 Å². The predicted molar refractivity (Wildman–Crippen MR) is 108 cm³/mol. The number of rotatable bonds is 5. The van der Waals surface area contributed by atoms with Gasteiger partial charge in [-0.25, -0.2) is 9.97 Å². The number of aryl methyl sites for hydroxylation is 4. The minimum atomic E-state index is -0.123. The van der Waals surface area contributed by atoms with Crippen LogP contribution in [0, 0.1) is 27.7 Å². The first-order valence-electron chi connectivity index (χ1n) is 8.93. The molecule has 138 valence electrons. The van der Waals surface area contributed by atoms with Crippen molar-refractivity contribution in [2.75, 3.05) is 0 Å². The number of benzene rings is 1. The average molecular weight is 360 g/mol. The second-order valence-corrected chi connectivity index (χ2v) is 6.71. The molecule has 0 atom stereocenters. The third-order valence-electron chi connectivity index (χ3n) is 4.65. The van der Waals surface area contributed by atoms with Crippen LogP contribution in [0.3, 0.4) is 0 Å². The Balaban J connectivity index is 1.59. The molecule has 2 heterocycles. The quantitative estimate of drug-likeness (QED) is 0.704. The fraction of sp³-hybridized carbons (Fsp3) is 0.227. The van der Waals surface area contributed by atoms with Crippen LogP contribution in [0.4, 0.5) is 0 Å². The van der Waals surface area contributed by atoms with Gasteiger partial charge >= 0.3 is 0 Å². The van der Waals surface area contributed by atoms with Gasteiger partial charge in [-0.05, 0) is 67.7 Å². The molecule has 5 heteroatoms. The number of aromatic nitrogens is 3. The Hall–Kier alpha value is -3.21. The highest BCUT2D eigenvalue weighted by Crippen LogP contribution is 2.16. The summed E-state index contributed by atoms with van der Waals surface area (Å²) in [5, 5.41) is 2.90. The molecule has 0 fully saturated rings. The molecule has 0 saturated heterocycles. The second kappa shape index (κ2) is 7.99. The van der Waals surface area contributed by atoms with Crippen molar-refractivity contribution >= 4 is 12.0 Å². The average Bonchev–Trinajstić information content (AvgIpc) is 3.08. The Kier molecular flexibility index (Phi) is 5.50. The van der Waals surface area contributed by atoms with E-state index in [2.05, 4.69) is 48.2 Å². The fourth-order valence-electron chi connectivity index (χ4n) is 2.86. The zero-order valence-electron chi connectivity index (χ0n) is 16.2. The summed E-state index contributed by atoms with van der Waals surface area (Å²) in [5.74, 6) is 1.57. The minimum Gasteiger partial charge on any atom is -0.348 e. The van der Waals surface area contributed by atoms with Crippen LogP contribution in [-0.4, -0.2) is 20.4 Å². The molecule has 2 aromatic heterocycles. The van der Waals surface area contributed by atoms with Crippen molar-refractivity contribution in [3.63, 3.8) is 0 Å². The van der Waals surface area contributed by atoms with Gasteiger partial charge in [-0.15, -0.1) is 0 Å². The molecule has 1 N–H and O–H groups in total. The van der Waals surface area contributed by atoms with E-state index in [1.807, 2.05) is 35.9 Å². The van der Waals surface area contributed by atoms with Crippen molar-refractivity contribution in [2.24, 2.45) is 0 Å². The maximum atomic E-state index is 12.1. The lowest BCUT2D eigenvalue weighted by Gasteiger charge is -2.07. The van der Waals surface area contributed by atoms with Crippen molar-refractivity contribution < 1.29 is 4.79 Å². The number of carbonyl (C=O) groups is 1. The molecule has 27 heavy (non-hydrogen) atoms. The van der Waals surface area contributed by atoms with Crippen LogP contribution in [0.5, 0.6) is 0 Å². The van der Waals surface area contributed by atoms with E-state index in [0.29, 0.717) is 6.54 Å². The monoisotopic (exact) mass is 360 g/mol.